The van der Waals surface area contributed by atoms with Gasteiger partial charge in [-0.05, 0) is 0 Å². The van der Waals surface area contributed by atoms with Crippen molar-refractivity contribution in [1.82, 2.24) is 5.32 Å². The van der Waals surface area contributed by atoms with Crippen LogP contribution in [0.2, 0.25) is 0 Å². The van der Waals surface area contributed by atoms with Crippen LogP contribution in [0.1, 0.15) is 6.92 Å². The molecule has 15 heavy (non-hydrogen) atoms. The van der Waals surface area contributed by atoms with E-state index < -0.39 is 36.6 Å². The van der Waals surface area contributed by atoms with Gasteiger partial charge in [-0.15, -0.1) is 6.58 Å². The van der Waals surface area contributed by atoms with Gasteiger partial charge in [0, 0.05) is 6.92 Å². The van der Waals surface area contributed by atoms with E-state index in [0.717, 1.165) is 0 Å². The highest BCUT2D eigenvalue weighted by Crippen LogP contribution is 2.20. The number of aliphatic hydroxyl groups is 3. The lowest BCUT2D eigenvalue weighted by molar-refractivity contribution is -0.234. The molecule has 0 aromatic carbocycles. The number of nitrogens with one attached hydrogen (secondary N) is 1. The quantitative estimate of drug-likeness (QED) is 0.406. The van der Waals surface area contributed by atoms with Crippen LogP contribution in [0.4, 0.5) is 0 Å². The minimum atomic E-state index is -1.37. The number of amides is 1. The van der Waals surface area contributed by atoms with Crippen molar-refractivity contribution in [2.75, 3.05) is 0 Å². The van der Waals surface area contributed by atoms with E-state index >= 15 is 0 Å². The highest BCUT2D eigenvalue weighted by atomic mass is 16.6. The monoisotopic (exact) mass is 217 g/mol. The van der Waals surface area contributed by atoms with Crippen molar-refractivity contribution in [2.24, 2.45) is 0 Å². The molecule has 0 aromatic heterocycles. The van der Waals surface area contributed by atoms with Gasteiger partial charge in [-0.2, -0.15) is 0 Å². The number of aliphatic hydroxyl groups excluding tert-OH is 3. The zero-order chi connectivity index (χ0) is 11.6. The van der Waals surface area contributed by atoms with E-state index in [1.165, 1.54) is 13.0 Å². The van der Waals surface area contributed by atoms with Crippen LogP contribution in [0.25, 0.3) is 0 Å². The summed E-state index contributed by atoms with van der Waals surface area (Å²) >= 11 is 0. The van der Waals surface area contributed by atoms with Gasteiger partial charge in [0.25, 0.3) is 0 Å². The van der Waals surface area contributed by atoms with Crippen molar-refractivity contribution in [2.45, 2.75) is 37.6 Å². The summed E-state index contributed by atoms with van der Waals surface area (Å²) in [5.74, 6) is -0.425. The summed E-state index contributed by atoms with van der Waals surface area (Å²) in [7, 11) is 0. The van der Waals surface area contributed by atoms with Crippen LogP contribution in [-0.4, -0.2) is 51.9 Å². The Labute approximate surface area is 87.2 Å². The van der Waals surface area contributed by atoms with Gasteiger partial charge < -0.3 is 25.4 Å². The van der Waals surface area contributed by atoms with Crippen LogP contribution in [0.5, 0.6) is 0 Å². The normalized spacial score (nSPS) is 40.9. The average molecular weight is 217 g/mol. The molecule has 1 heterocycles. The number of carbonyl (C=O) groups is 1. The van der Waals surface area contributed by atoms with E-state index in [0.29, 0.717) is 0 Å². The second kappa shape index (κ2) is 4.71. The molecule has 0 aliphatic carbocycles. The minimum absolute atomic E-state index is 0.425. The maximum atomic E-state index is 10.8. The second-order valence-corrected chi connectivity index (χ2v) is 3.43. The smallest absolute Gasteiger partial charge is 0.217 e. The molecule has 1 aliphatic rings. The Morgan fingerprint density at radius 1 is 1.40 bits per heavy atom. The first-order valence-electron chi connectivity index (χ1n) is 4.56. The van der Waals surface area contributed by atoms with Crippen molar-refractivity contribution < 1.29 is 24.9 Å². The highest BCUT2D eigenvalue weighted by Gasteiger charge is 2.42. The Morgan fingerprint density at radius 3 is 2.47 bits per heavy atom. The van der Waals surface area contributed by atoms with Gasteiger partial charge >= 0.3 is 0 Å². The van der Waals surface area contributed by atoms with Gasteiger partial charge in [-0.3, -0.25) is 4.79 Å². The summed E-state index contributed by atoms with van der Waals surface area (Å²) in [5.41, 5.74) is 0. The predicted octanol–water partition coefficient (Wildman–Crippen LogP) is -1.88. The van der Waals surface area contributed by atoms with Crippen LogP contribution in [0.3, 0.4) is 0 Å². The Balaban J connectivity index is 2.74. The zero-order valence-corrected chi connectivity index (χ0v) is 8.33. The Hall–Kier alpha value is -0.950. The van der Waals surface area contributed by atoms with E-state index in [4.69, 9.17) is 4.74 Å². The standard InChI is InChI=1S/C9H15NO5/c1-3-5-7(12)8(13)6(9(14)15-5)10-4(2)11/h3,5-9,12-14H,1H2,2H3,(H,10,11)/t5-,6-,7-,8-,9+/m1/s1. The molecule has 6 heteroatoms. The zero-order valence-electron chi connectivity index (χ0n) is 8.33. The average Bonchev–Trinajstić information content (AvgIpc) is 2.18. The van der Waals surface area contributed by atoms with Gasteiger partial charge in [0.05, 0.1) is 0 Å². The number of ether oxygens (including phenoxy) is 1. The first-order chi connectivity index (χ1) is 6.97. The first-order valence-corrected chi connectivity index (χ1v) is 4.56. The summed E-state index contributed by atoms with van der Waals surface area (Å²) in [5, 5.41) is 30.9. The van der Waals surface area contributed by atoms with E-state index in [2.05, 4.69) is 11.9 Å². The number of rotatable bonds is 2. The molecule has 1 saturated heterocycles. The molecule has 4 N–H and O–H groups in total. The van der Waals surface area contributed by atoms with E-state index in [9.17, 15) is 20.1 Å². The minimum Gasteiger partial charge on any atom is -0.388 e. The first kappa shape index (κ1) is 12.1. The second-order valence-electron chi connectivity index (χ2n) is 3.43. The van der Waals surface area contributed by atoms with Gasteiger partial charge in [0.2, 0.25) is 5.91 Å². The topological polar surface area (TPSA) is 99.0 Å². The lowest BCUT2D eigenvalue weighted by atomic mass is 9.97. The molecular formula is C9H15NO5. The van der Waals surface area contributed by atoms with E-state index in [1.54, 1.807) is 0 Å². The lowest BCUT2D eigenvalue weighted by Gasteiger charge is -2.39. The van der Waals surface area contributed by atoms with Crippen molar-refractivity contribution >= 4 is 5.91 Å². The molecule has 0 bridgehead atoms. The molecule has 0 saturated carbocycles. The molecule has 86 valence electrons. The molecule has 6 nitrogen and oxygen atoms in total. The van der Waals surface area contributed by atoms with Crippen molar-refractivity contribution in [3.8, 4) is 0 Å². The molecule has 1 rings (SSSR count). The molecule has 1 aliphatic heterocycles. The summed E-state index contributed by atoms with van der Waals surface area (Å²) in [4.78, 5) is 10.8. The van der Waals surface area contributed by atoms with Crippen LogP contribution in [0.15, 0.2) is 12.7 Å². The molecule has 5 atom stereocenters. The van der Waals surface area contributed by atoms with Crippen LogP contribution in [-0.2, 0) is 9.53 Å². The molecule has 0 spiro atoms. The molecule has 0 unspecified atom stereocenters. The van der Waals surface area contributed by atoms with Crippen molar-refractivity contribution in [3.63, 3.8) is 0 Å². The summed E-state index contributed by atoms with van der Waals surface area (Å²) in [6.45, 7) is 4.64. The molecule has 1 fully saturated rings. The third kappa shape index (κ3) is 2.54. The summed E-state index contributed by atoms with van der Waals surface area (Å²) in [6.07, 6.45) is -3.44. The fourth-order valence-corrected chi connectivity index (χ4v) is 1.49. The summed E-state index contributed by atoms with van der Waals surface area (Å²) < 4.78 is 4.94. The molecule has 1 amide bonds. The highest BCUT2D eigenvalue weighted by molar-refractivity contribution is 5.73. The number of carbonyl (C=O) groups excluding carboxylic acids is 1. The Morgan fingerprint density at radius 2 is 2.00 bits per heavy atom. The van der Waals surface area contributed by atoms with Crippen LogP contribution >= 0.6 is 0 Å². The predicted molar refractivity (Wildman–Crippen MR) is 50.7 cm³/mol. The number of hydrogen-bond acceptors (Lipinski definition) is 5. The van der Waals surface area contributed by atoms with Gasteiger partial charge in [-0.25, -0.2) is 0 Å². The Kier molecular flexibility index (Phi) is 3.81. The molecule has 0 radical (unpaired) electrons. The van der Waals surface area contributed by atoms with Crippen molar-refractivity contribution in [1.29, 1.82) is 0 Å². The lowest BCUT2D eigenvalue weighted by Crippen LogP contribution is -2.62. The maximum Gasteiger partial charge on any atom is 0.217 e. The fraction of sp³-hybridized carbons (Fsp3) is 0.667. The maximum absolute atomic E-state index is 10.8. The van der Waals surface area contributed by atoms with E-state index in [1.807, 2.05) is 0 Å². The Bertz CT molecular complexity index is 257. The van der Waals surface area contributed by atoms with E-state index in [-0.39, 0.29) is 0 Å². The van der Waals surface area contributed by atoms with Gasteiger partial charge in [-0.1, -0.05) is 6.08 Å². The van der Waals surface area contributed by atoms with Crippen LogP contribution < -0.4 is 5.32 Å². The van der Waals surface area contributed by atoms with Gasteiger partial charge in [0.1, 0.15) is 24.4 Å². The fourth-order valence-electron chi connectivity index (χ4n) is 1.49. The summed E-state index contributed by atoms with van der Waals surface area (Å²) in [6, 6.07) is -1.03. The molecule has 0 aromatic rings. The van der Waals surface area contributed by atoms with Crippen molar-refractivity contribution in [3.05, 3.63) is 12.7 Å². The SMILES string of the molecule is C=C[C@H]1O[C@H](O)[C@H](NC(C)=O)[C@@H](O)[C@@H]1O. The largest absolute Gasteiger partial charge is 0.388 e. The third-order valence-corrected chi connectivity index (χ3v) is 2.26. The number of hydrogen-bond donors (Lipinski definition) is 4. The third-order valence-electron chi connectivity index (χ3n) is 2.26. The van der Waals surface area contributed by atoms with Crippen LogP contribution in [0, 0.1) is 0 Å². The van der Waals surface area contributed by atoms with Gasteiger partial charge in [0.15, 0.2) is 6.29 Å². The molecular weight excluding hydrogens is 202 g/mol.